The predicted octanol–water partition coefficient (Wildman–Crippen LogP) is 7.14. The summed E-state index contributed by atoms with van der Waals surface area (Å²) >= 11 is 7.33. The Morgan fingerprint density at radius 1 is 0.950 bits per heavy atom. The Morgan fingerprint density at radius 3 is 2.55 bits per heavy atom. The zero-order valence-electron chi connectivity index (χ0n) is 22.4. The number of nitrogens with zero attached hydrogens (tertiary/aromatic N) is 2. The maximum atomic E-state index is 13.4. The second kappa shape index (κ2) is 12.1. The maximum Gasteiger partial charge on any atom is 0.261 e. The molecule has 2 aliphatic rings. The third-order valence-corrected chi connectivity index (χ3v) is 9.32. The van der Waals surface area contributed by atoms with Gasteiger partial charge in [-0.15, -0.1) is 11.3 Å². The summed E-state index contributed by atoms with van der Waals surface area (Å²) in [6, 6.07) is 21.9. The average molecular weight is 573 g/mol. The lowest BCUT2D eigenvalue weighted by Gasteiger charge is -2.31. The second-order valence-electron chi connectivity index (χ2n) is 10.8. The highest BCUT2D eigenvalue weighted by Gasteiger charge is 2.32. The third kappa shape index (κ3) is 6.07. The van der Waals surface area contributed by atoms with E-state index in [-0.39, 0.29) is 23.8 Å². The molecule has 2 aromatic heterocycles. The molecule has 3 heterocycles. The van der Waals surface area contributed by atoms with Gasteiger partial charge in [0.05, 0.1) is 10.8 Å². The van der Waals surface area contributed by atoms with E-state index in [1.165, 1.54) is 35.3 Å². The number of likely N-dealkylation sites (tertiary alicyclic amines) is 1. The highest BCUT2D eigenvalue weighted by Crippen LogP contribution is 2.30. The Kier molecular flexibility index (Phi) is 8.14. The lowest BCUT2D eigenvalue weighted by atomic mass is 9.83. The molecular weight excluding hydrogens is 540 g/mol. The number of rotatable bonds is 7. The third-order valence-electron chi connectivity index (χ3n) is 8.07. The summed E-state index contributed by atoms with van der Waals surface area (Å²) in [6.07, 6.45) is 6.06. The van der Waals surface area contributed by atoms with Crippen molar-refractivity contribution >= 4 is 50.7 Å². The van der Waals surface area contributed by atoms with E-state index < -0.39 is 0 Å². The largest absolute Gasteiger partial charge is 0.348 e. The molecule has 0 spiro atoms. The van der Waals surface area contributed by atoms with E-state index in [0.717, 1.165) is 66.8 Å². The van der Waals surface area contributed by atoms with E-state index in [9.17, 15) is 9.59 Å². The summed E-state index contributed by atoms with van der Waals surface area (Å²) in [6.45, 7) is 3.30. The summed E-state index contributed by atoms with van der Waals surface area (Å²) in [5.41, 5.74) is 4.49. The van der Waals surface area contributed by atoms with Gasteiger partial charge in [0.25, 0.3) is 5.91 Å². The van der Waals surface area contributed by atoms with Gasteiger partial charge < -0.3 is 10.6 Å². The molecule has 2 atom stereocenters. The Labute approximate surface area is 243 Å². The zero-order valence-corrected chi connectivity index (χ0v) is 23.9. The smallest absolute Gasteiger partial charge is 0.261 e. The molecule has 4 aromatic rings. The number of carbonyl (C=O) groups excluding carboxylic acids is 2. The number of benzene rings is 2. The summed E-state index contributed by atoms with van der Waals surface area (Å²) in [5, 5.41) is 7.55. The first-order chi connectivity index (χ1) is 19.5. The molecule has 6 nitrogen and oxygen atoms in total. The molecule has 1 saturated heterocycles. The summed E-state index contributed by atoms with van der Waals surface area (Å²) in [5.74, 6) is -0.488. The van der Waals surface area contributed by atoms with Gasteiger partial charge in [-0.2, -0.15) is 0 Å². The van der Waals surface area contributed by atoms with Crippen molar-refractivity contribution in [3.05, 3.63) is 82.3 Å². The van der Waals surface area contributed by atoms with Crippen LogP contribution in [0, 0.1) is 5.92 Å². The maximum absolute atomic E-state index is 13.4. The van der Waals surface area contributed by atoms with Crippen LogP contribution in [-0.4, -0.2) is 40.8 Å². The molecule has 0 unspecified atom stereocenters. The number of pyridine rings is 1. The fourth-order valence-electron chi connectivity index (χ4n) is 5.95. The normalized spacial score (nSPS) is 19.5. The number of aromatic nitrogens is 1. The molecule has 40 heavy (non-hydrogen) atoms. The van der Waals surface area contributed by atoms with Crippen LogP contribution in [0.5, 0.6) is 0 Å². The van der Waals surface area contributed by atoms with E-state index >= 15 is 0 Å². The molecule has 8 heteroatoms. The van der Waals surface area contributed by atoms with Gasteiger partial charge in [0, 0.05) is 23.7 Å². The predicted molar refractivity (Wildman–Crippen MR) is 163 cm³/mol. The Bertz CT molecular complexity index is 1510. The number of anilines is 1. The number of thiophene rings is 1. The summed E-state index contributed by atoms with van der Waals surface area (Å²) < 4.78 is 0. The van der Waals surface area contributed by atoms with Gasteiger partial charge in [-0.1, -0.05) is 60.8 Å². The molecule has 2 fully saturated rings. The van der Waals surface area contributed by atoms with Crippen molar-refractivity contribution in [1.82, 2.24) is 15.2 Å². The molecule has 6 rings (SSSR count). The van der Waals surface area contributed by atoms with Crippen molar-refractivity contribution in [3.8, 4) is 11.1 Å². The van der Waals surface area contributed by atoms with Gasteiger partial charge in [-0.05, 0) is 85.8 Å². The van der Waals surface area contributed by atoms with Crippen molar-refractivity contribution in [2.75, 3.05) is 18.4 Å². The monoisotopic (exact) mass is 572 g/mol. The second-order valence-corrected chi connectivity index (χ2v) is 12.2. The van der Waals surface area contributed by atoms with Gasteiger partial charge in [0.2, 0.25) is 5.91 Å². The van der Waals surface area contributed by atoms with E-state index in [4.69, 9.17) is 11.6 Å². The first-order valence-electron chi connectivity index (χ1n) is 14.1. The van der Waals surface area contributed by atoms with Crippen LogP contribution in [-0.2, 0) is 11.3 Å². The number of hydrogen-bond acceptors (Lipinski definition) is 5. The minimum Gasteiger partial charge on any atom is -0.348 e. The number of hydrogen-bond donors (Lipinski definition) is 2. The van der Waals surface area contributed by atoms with Crippen LogP contribution in [0.1, 0.15) is 53.8 Å². The first kappa shape index (κ1) is 26.9. The first-order valence-corrected chi connectivity index (χ1v) is 15.3. The lowest BCUT2D eigenvalue weighted by Crippen LogP contribution is -2.46. The molecule has 2 aromatic carbocycles. The molecule has 1 saturated carbocycles. The topological polar surface area (TPSA) is 74.3 Å². The van der Waals surface area contributed by atoms with E-state index in [1.807, 2.05) is 24.3 Å². The minimum atomic E-state index is -0.277. The van der Waals surface area contributed by atoms with Crippen LogP contribution >= 0.6 is 22.9 Å². The lowest BCUT2D eigenvalue weighted by molar-refractivity contribution is -0.121. The number of nitrogens with one attached hydrogen (secondary N) is 2. The molecule has 2 amide bonds. The number of carbonyl (C=O) groups is 2. The zero-order chi connectivity index (χ0) is 27.5. The quantitative estimate of drug-likeness (QED) is 0.231. The van der Waals surface area contributed by atoms with Gasteiger partial charge in [0.1, 0.15) is 9.98 Å². The van der Waals surface area contributed by atoms with Crippen LogP contribution in [0.15, 0.2) is 66.7 Å². The van der Waals surface area contributed by atoms with E-state index in [0.29, 0.717) is 10.0 Å². The summed E-state index contributed by atoms with van der Waals surface area (Å²) in [4.78, 5) is 34.6. The van der Waals surface area contributed by atoms with Crippen molar-refractivity contribution in [2.45, 2.75) is 51.1 Å². The van der Waals surface area contributed by atoms with Crippen molar-refractivity contribution in [2.24, 2.45) is 5.92 Å². The number of fused-ring (bicyclic) bond motifs is 1. The molecule has 0 bridgehead atoms. The van der Waals surface area contributed by atoms with Crippen LogP contribution < -0.4 is 10.6 Å². The van der Waals surface area contributed by atoms with Crippen LogP contribution in [0.25, 0.3) is 21.3 Å². The SMILES string of the molecule is O=C(N[C@@H]1CCCC[C@@H]1C(=O)Nc1ccc(-c2ccccc2CN2CCCC2)cc1)c1cc2ccc(Cl)nc2s1. The van der Waals surface area contributed by atoms with Crippen LogP contribution in [0.3, 0.4) is 0 Å². The van der Waals surface area contributed by atoms with Gasteiger partial charge >= 0.3 is 0 Å². The van der Waals surface area contributed by atoms with E-state index in [2.05, 4.69) is 56.9 Å². The molecule has 206 valence electrons. The molecule has 0 radical (unpaired) electrons. The fraction of sp³-hybridized carbons (Fsp3) is 0.344. The standard InChI is InChI=1S/C32H33ClN4O2S/c33-29-16-13-22-19-28(40-32(22)36-29)31(39)35-27-10-4-3-9-26(27)30(38)34-24-14-11-21(12-15-24)25-8-2-1-7-23(25)20-37-17-5-6-18-37/h1-2,7-8,11-16,19,26-27H,3-6,9-10,17-18,20H2,(H,34,38)(H,35,39)/t26-,27+/m0/s1. The Hall–Kier alpha value is -3.26. The van der Waals surface area contributed by atoms with E-state index in [1.54, 1.807) is 6.07 Å². The van der Waals surface area contributed by atoms with Crippen LogP contribution in [0.4, 0.5) is 5.69 Å². The van der Waals surface area contributed by atoms with Crippen molar-refractivity contribution in [1.29, 1.82) is 0 Å². The molecular formula is C32H33ClN4O2S. The fourth-order valence-corrected chi connectivity index (χ4v) is 7.09. The number of halogens is 1. The van der Waals surface area contributed by atoms with Crippen LogP contribution in [0.2, 0.25) is 5.15 Å². The van der Waals surface area contributed by atoms with Crippen molar-refractivity contribution < 1.29 is 9.59 Å². The number of amides is 2. The highest BCUT2D eigenvalue weighted by atomic mass is 35.5. The summed E-state index contributed by atoms with van der Waals surface area (Å²) in [7, 11) is 0. The Morgan fingerprint density at radius 2 is 1.73 bits per heavy atom. The minimum absolute atomic E-state index is 0.0445. The highest BCUT2D eigenvalue weighted by molar-refractivity contribution is 7.20. The Balaban J connectivity index is 1.12. The van der Waals surface area contributed by atoms with Crippen molar-refractivity contribution in [3.63, 3.8) is 0 Å². The molecule has 1 aliphatic heterocycles. The van der Waals surface area contributed by atoms with Gasteiger partial charge in [-0.3, -0.25) is 14.5 Å². The average Bonchev–Trinajstić information content (AvgIpc) is 3.64. The van der Waals surface area contributed by atoms with Gasteiger partial charge in [0.15, 0.2) is 0 Å². The van der Waals surface area contributed by atoms with Gasteiger partial charge in [-0.25, -0.2) is 4.98 Å². The molecule has 2 N–H and O–H groups in total. The molecule has 1 aliphatic carbocycles.